The van der Waals surface area contributed by atoms with E-state index in [0.717, 1.165) is 10.0 Å². The summed E-state index contributed by atoms with van der Waals surface area (Å²) >= 11 is 3.30. The molecule has 0 atom stereocenters. The predicted octanol–water partition coefficient (Wildman–Crippen LogP) is 3.33. The van der Waals surface area contributed by atoms with Crippen molar-refractivity contribution in [2.75, 3.05) is 10.6 Å². The summed E-state index contributed by atoms with van der Waals surface area (Å²) in [6, 6.07) is 14.4. The van der Waals surface area contributed by atoms with Crippen molar-refractivity contribution in [3.8, 4) is 0 Å². The van der Waals surface area contributed by atoms with Crippen LogP contribution in [0.2, 0.25) is 0 Å². The highest BCUT2D eigenvalue weighted by atomic mass is 79.9. The second-order valence-electron chi connectivity index (χ2n) is 4.26. The molecule has 2 amide bonds. The summed E-state index contributed by atoms with van der Waals surface area (Å²) in [6.07, 6.45) is 0. The third-order valence-corrected chi connectivity index (χ3v) is 3.30. The van der Waals surface area contributed by atoms with Gasteiger partial charge in [0.1, 0.15) is 0 Å². The Morgan fingerprint density at radius 2 is 1.65 bits per heavy atom. The molecule has 2 aromatic rings. The molecule has 4 nitrogen and oxygen atoms in total. The van der Waals surface area contributed by atoms with E-state index in [1.807, 2.05) is 25.1 Å². The Morgan fingerprint density at radius 1 is 0.950 bits per heavy atom. The van der Waals surface area contributed by atoms with E-state index >= 15 is 0 Å². The number of hydrogen-bond acceptors (Lipinski definition) is 2. The van der Waals surface area contributed by atoms with Crippen molar-refractivity contribution in [2.45, 2.75) is 6.92 Å². The van der Waals surface area contributed by atoms with Crippen LogP contribution in [-0.4, -0.2) is 11.8 Å². The molecule has 0 heterocycles. The van der Waals surface area contributed by atoms with E-state index < -0.39 is 11.8 Å². The molecule has 0 aliphatic carbocycles. The number of para-hydroxylation sites is 1. The zero-order chi connectivity index (χ0) is 14.5. The lowest BCUT2D eigenvalue weighted by molar-refractivity contribution is -0.133. The Bertz CT molecular complexity index is 656. The normalized spacial score (nSPS) is 9.90. The van der Waals surface area contributed by atoms with Crippen molar-refractivity contribution >= 4 is 39.1 Å². The number of hydrogen-bond donors (Lipinski definition) is 2. The summed E-state index contributed by atoms with van der Waals surface area (Å²) in [5, 5.41) is 5.10. The first-order valence-corrected chi connectivity index (χ1v) is 6.79. The van der Waals surface area contributed by atoms with Gasteiger partial charge in [0, 0.05) is 10.2 Å². The Kier molecular flexibility index (Phi) is 4.53. The Morgan fingerprint density at radius 3 is 2.35 bits per heavy atom. The van der Waals surface area contributed by atoms with Gasteiger partial charge in [-0.1, -0.05) is 24.3 Å². The molecule has 0 bridgehead atoms. The third kappa shape index (κ3) is 3.68. The van der Waals surface area contributed by atoms with Crippen LogP contribution in [0.15, 0.2) is 53.0 Å². The van der Waals surface area contributed by atoms with Crippen LogP contribution in [0.4, 0.5) is 11.4 Å². The molecular weight excluding hydrogens is 320 g/mol. The molecular formula is C15H13BrN2O2. The molecule has 0 aliphatic heterocycles. The van der Waals surface area contributed by atoms with Crippen molar-refractivity contribution < 1.29 is 9.59 Å². The van der Waals surface area contributed by atoms with Gasteiger partial charge in [-0.2, -0.15) is 0 Å². The average Bonchev–Trinajstić information content (AvgIpc) is 2.41. The molecule has 0 spiro atoms. The molecule has 5 heteroatoms. The minimum absolute atomic E-state index is 0.553. The van der Waals surface area contributed by atoms with Gasteiger partial charge in [0.15, 0.2) is 0 Å². The van der Waals surface area contributed by atoms with E-state index in [0.29, 0.717) is 11.4 Å². The molecule has 0 aliphatic rings. The van der Waals surface area contributed by atoms with Crippen LogP contribution in [0, 0.1) is 6.92 Å². The average molecular weight is 333 g/mol. The van der Waals surface area contributed by atoms with Crippen LogP contribution in [0.3, 0.4) is 0 Å². The fraction of sp³-hybridized carbons (Fsp3) is 0.0667. The summed E-state index contributed by atoms with van der Waals surface area (Å²) in [7, 11) is 0. The van der Waals surface area contributed by atoms with Gasteiger partial charge in [0.05, 0.1) is 5.69 Å². The van der Waals surface area contributed by atoms with E-state index in [9.17, 15) is 9.59 Å². The second-order valence-corrected chi connectivity index (χ2v) is 5.11. The molecule has 0 saturated heterocycles. The number of carbonyl (C=O) groups is 2. The summed E-state index contributed by atoms with van der Waals surface area (Å²) in [5.41, 5.74) is 2.16. The van der Waals surface area contributed by atoms with Gasteiger partial charge < -0.3 is 10.6 Å². The topological polar surface area (TPSA) is 58.2 Å². The summed E-state index contributed by atoms with van der Waals surface area (Å²) < 4.78 is 0.719. The number of anilines is 2. The largest absolute Gasteiger partial charge is 0.318 e. The highest BCUT2D eigenvalue weighted by Crippen LogP contribution is 2.21. The van der Waals surface area contributed by atoms with Crippen LogP contribution in [0.1, 0.15) is 5.56 Å². The summed E-state index contributed by atoms with van der Waals surface area (Å²) in [4.78, 5) is 23.6. The van der Waals surface area contributed by atoms with Gasteiger partial charge in [-0.3, -0.25) is 9.59 Å². The standard InChI is InChI=1S/C15H13BrN2O2/c1-10-5-4-6-11(9-10)17-14(19)15(20)18-13-8-3-2-7-12(13)16/h2-9H,1H3,(H,17,19)(H,18,20). The number of halogens is 1. The van der Waals surface area contributed by atoms with Crippen molar-refractivity contribution in [2.24, 2.45) is 0 Å². The van der Waals surface area contributed by atoms with Gasteiger partial charge in [-0.15, -0.1) is 0 Å². The summed E-state index contributed by atoms with van der Waals surface area (Å²) in [6.45, 7) is 1.91. The zero-order valence-corrected chi connectivity index (χ0v) is 12.4. The van der Waals surface area contributed by atoms with Crippen molar-refractivity contribution in [1.82, 2.24) is 0 Å². The van der Waals surface area contributed by atoms with E-state index in [2.05, 4.69) is 26.6 Å². The molecule has 0 fully saturated rings. The highest BCUT2D eigenvalue weighted by Gasteiger charge is 2.14. The maximum absolute atomic E-state index is 11.8. The fourth-order valence-corrected chi connectivity index (χ4v) is 2.04. The third-order valence-electron chi connectivity index (χ3n) is 2.60. The molecule has 0 aromatic heterocycles. The van der Waals surface area contributed by atoms with Gasteiger partial charge in [0.2, 0.25) is 0 Å². The molecule has 20 heavy (non-hydrogen) atoms. The number of nitrogens with one attached hydrogen (secondary N) is 2. The van der Waals surface area contributed by atoms with E-state index in [4.69, 9.17) is 0 Å². The quantitative estimate of drug-likeness (QED) is 0.828. The maximum atomic E-state index is 11.8. The Labute approximate surface area is 125 Å². The highest BCUT2D eigenvalue weighted by molar-refractivity contribution is 9.10. The number of benzene rings is 2. The van der Waals surface area contributed by atoms with Crippen molar-refractivity contribution in [1.29, 1.82) is 0 Å². The van der Waals surface area contributed by atoms with Crippen LogP contribution in [-0.2, 0) is 9.59 Å². The molecule has 102 valence electrons. The lowest BCUT2D eigenvalue weighted by Gasteiger charge is -2.08. The first-order chi connectivity index (χ1) is 9.56. The SMILES string of the molecule is Cc1cccc(NC(=O)C(=O)Nc2ccccc2Br)c1. The van der Waals surface area contributed by atoms with Crippen LogP contribution < -0.4 is 10.6 Å². The number of rotatable bonds is 2. The molecule has 0 unspecified atom stereocenters. The number of aryl methyl sites for hydroxylation is 1. The minimum Gasteiger partial charge on any atom is -0.318 e. The maximum Gasteiger partial charge on any atom is 0.314 e. The minimum atomic E-state index is -0.710. The van der Waals surface area contributed by atoms with Gasteiger partial charge in [0.25, 0.3) is 0 Å². The van der Waals surface area contributed by atoms with E-state index in [-0.39, 0.29) is 0 Å². The van der Waals surface area contributed by atoms with Gasteiger partial charge in [-0.05, 0) is 52.7 Å². The second kappa shape index (κ2) is 6.34. The smallest absolute Gasteiger partial charge is 0.314 e. The summed E-state index contributed by atoms with van der Waals surface area (Å²) in [5.74, 6) is -1.41. The predicted molar refractivity (Wildman–Crippen MR) is 82.6 cm³/mol. The van der Waals surface area contributed by atoms with Crippen LogP contribution in [0.5, 0.6) is 0 Å². The van der Waals surface area contributed by atoms with Crippen molar-refractivity contribution in [3.63, 3.8) is 0 Å². The van der Waals surface area contributed by atoms with Crippen LogP contribution in [0.25, 0.3) is 0 Å². The lowest BCUT2D eigenvalue weighted by atomic mass is 10.2. The van der Waals surface area contributed by atoms with E-state index in [1.54, 1.807) is 30.3 Å². The Balaban J connectivity index is 2.03. The first kappa shape index (κ1) is 14.3. The lowest BCUT2D eigenvalue weighted by Crippen LogP contribution is -2.29. The fourth-order valence-electron chi connectivity index (χ4n) is 1.65. The van der Waals surface area contributed by atoms with E-state index in [1.165, 1.54) is 0 Å². The number of carbonyl (C=O) groups excluding carboxylic acids is 2. The molecule has 0 radical (unpaired) electrons. The zero-order valence-electron chi connectivity index (χ0n) is 10.8. The molecule has 0 saturated carbocycles. The number of amides is 2. The monoisotopic (exact) mass is 332 g/mol. The molecule has 2 aromatic carbocycles. The molecule has 2 N–H and O–H groups in total. The van der Waals surface area contributed by atoms with Crippen LogP contribution >= 0.6 is 15.9 Å². The first-order valence-electron chi connectivity index (χ1n) is 6.00. The van der Waals surface area contributed by atoms with Gasteiger partial charge >= 0.3 is 11.8 Å². The Hall–Kier alpha value is -2.14. The molecule has 2 rings (SSSR count). The van der Waals surface area contributed by atoms with Gasteiger partial charge in [-0.25, -0.2) is 0 Å². The van der Waals surface area contributed by atoms with Crippen molar-refractivity contribution in [3.05, 3.63) is 58.6 Å².